The first-order valence-electron chi connectivity index (χ1n) is 8.25. The van der Waals surface area contributed by atoms with Gasteiger partial charge < -0.3 is 15.2 Å². The lowest BCUT2D eigenvalue weighted by Gasteiger charge is -2.42. The molecule has 1 fully saturated rings. The van der Waals surface area contributed by atoms with E-state index in [1.165, 1.54) is 0 Å². The van der Waals surface area contributed by atoms with Crippen molar-refractivity contribution in [3.05, 3.63) is 28.8 Å². The highest BCUT2D eigenvalue weighted by Gasteiger charge is 2.37. The molecule has 0 aromatic heterocycles. The van der Waals surface area contributed by atoms with E-state index in [0.717, 1.165) is 5.56 Å². The van der Waals surface area contributed by atoms with Crippen molar-refractivity contribution in [1.82, 2.24) is 4.90 Å². The molecule has 1 aliphatic heterocycles. The topological polar surface area (TPSA) is 64.8 Å². The van der Waals surface area contributed by atoms with Crippen LogP contribution in [0.4, 0.5) is 10.5 Å². The van der Waals surface area contributed by atoms with Crippen LogP contribution in [0.5, 0.6) is 0 Å². The maximum atomic E-state index is 12.6. The van der Waals surface area contributed by atoms with Crippen molar-refractivity contribution in [1.29, 1.82) is 0 Å². The first kappa shape index (κ1) is 18.9. The van der Waals surface area contributed by atoms with Gasteiger partial charge in [0.05, 0.1) is 29.9 Å². The number of halogens is 1. The summed E-state index contributed by atoms with van der Waals surface area (Å²) < 4.78 is 11.6. The molecule has 1 unspecified atom stereocenters. The van der Waals surface area contributed by atoms with Gasteiger partial charge in [-0.1, -0.05) is 37.6 Å². The number of morpholine rings is 1. The number of rotatable bonds is 2. The largest absolute Gasteiger partial charge is 0.444 e. The van der Waals surface area contributed by atoms with Gasteiger partial charge in [-0.25, -0.2) is 4.79 Å². The van der Waals surface area contributed by atoms with Crippen molar-refractivity contribution in [3.63, 3.8) is 0 Å². The van der Waals surface area contributed by atoms with Gasteiger partial charge in [0.25, 0.3) is 0 Å². The van der Waals surface area contributed by atoms with Gasteiger partial charge in [-0.05, 0) is 32.8 Å². The van der Waals surface area contributed by atoms with Crippen LogP contribution >= 0.6 is 11.6 Å². The van der Waals surface area contributed by atoms with Gasteiger partial charge in [0.1, 0.15) is 11.7 Å². The fraction of sp³-hybridized carbons (Fsp3) is 0.611. The third-order valence-electron chi connectivity index (χ3n) is 4.06. The summed E-state index contributed by atoms with van der Waals surface area (Å²) in [6.45, 7) is 10.6. The molecule has 2 atom stereocenters. The molecule has 1 saturated heterocycles. The fourth-order valence-corrected chi connectivity index (χ4v) is 2.96. The number of hydrogen-bond acceptors (Lipinski definition) is 4. The number of hydrogen-bond donors (Lipinski definition) is 1. The number of nitrogens with two attached hydrogens (primary N) is 1. The monoisotopic (exact) mass is 354 g/mol. The van der Waals surface area contributed by atoms with Crippen LogP contribution in [0.3, 0.4) is 0 Å². The number of carbonyl (C=O) groups is 1. The van der Waals surface area contributed by atoms with E-state index in [9.17, 15) is 4.79 Å². The average molecular weight is 355 g/mol. The van der Waals surface area contributed by atoms with Crippen LogP contribution in [-0.2, 0) is 9.47 Å². The third kappa shape index (κ3) is 4.33. The number of ether oxygens (including phenoxy) is 2. The van der Waals surface area contributed by atoms with E-state index in [4.69, 9.17) is 26.8 Å². The second kappa shape index (κ2) is 7.19. The molecule has 134 valence electrons. The standard InChI is InChI=1S/C18H27ClN2O3/c1-11(2)14-10-23-15(12-7-6-8-13(19)16(12)20)9-21(14)17(22)24-18(3,4)5/h6-8,11,14-15H,9-10,20H2,1-5H3/t14-,15?/m1/s1. The average Bonchev–Trinajstić information content (AvgIpc) is 2.47. The lowest BCUT2D eigenvalue weighted by Crippen LogP contribution is -2.53. The molecular formula is C18H27ClN2O3. The Labute approximate surface area is 149 Å². The minimum Gasteiger partial charge on any atom is -0.444 e. The second-order valence-corrected chi connectivity index (χ2v) is 7.92. The van der Waals surface area contributed by atoms with Gasteiger partial charge in [0.15, 0.2) is 0 Å². The molecule has 1 aromatic carbocycles. The van der Waals surface area contributed by atoms with Gasteiger partial charge in [0.2, 0.25) is 0 Å². The number of carbonyl (C=O) groups excluding carboxylic acids is 1. The SMILES string of the molecule is CC(C)[C@H]1COC(c2cccc(Cl)c2N)CN1C(=O)OC(C)(C)C. The van der Waals surface area contributed by atoms with Gasteiger partial charge in [-0.3, -0.25) is 4.90 Å². The molecule has 1 aliphatic rings. The first-order chi connectivity index (χ1) is 11.1. The van der Waals surface area contributed by atoms with Crippen molar-refractivity contribution in [2.75, 3.05) is 18.9 Å². The van der Waals surface area contributed by atoms with E-state index >= 15 is 0 Å². The van der Waals surface area contributed by atoms with Crippen LogP contribution in [-0.4, -0.2) is 35.8 Å². The Kier molecular flexibility index (Phi) is 5.66. The van der Waals surface area contributed by atoms with Gasteiger partial charge in [-0.2, -0.15) is 0 Å². The molecule has 0 bridgehead atoms. The molecule has 0 aliphatic carbocycles. The van der Waals surface area contributed by atoms with Crippen LogP contribution in [0.15, 0.2) is 18.2 Å². The third-order valence-corrected chi connectivity index (χ3v) is 4.39. The molecule has 1 amide bonds. The van der Waals surface area contributed by atoms with E-state index in [1.807, 2.05) is 32.9 Å². The lowest BCUT2D eigenvalue weighted by atomic mass is 9.98. The predicted molar refractivity (Wildman–Crippen MR) is 96.1 cm³/mol. The minimum absolute atomic E-state index is 0.0310. The number of anilines is 1. The van der Waals surface area contributed by atoms with Crippen molar-refractivity contribution < 1.29 is 14.3 Å². The number of benzene rings is 1. The molecule has 6 heteroatoms. The molecule has 2 rings (SSSR count). The zero-order chi connectivity index (χ0) is 18.1. The Balaban J connectivity index is 2.25. The fourth-order valence-electron chi connectivity index (χ4n) is 2.78. The zero-order valence-electron chi connectivity index (χ0n) is 15.0. The Hall–Kier alpha value is -1.46. The molecular weight excluding hydrogens is 328 g/mol. The van der Waals surface area contributed by atoms with Crippen molar-refractivity contribution >= 4 is 23.4 Å². The van der Waals surface area contributed by atoms with E-state index in [2.05, 4.69) is 13.8 Å². The normalized spacial score (nSPS) is 21.9. The number of amides is 1. The summed E-state index contributed by atoms with van der Waals surface area (Å²) in [5.41, 5.74) is 6.84. The van der Waals surface area contributed by atoms with E-state index in [-0.39, 0.29) is 24.2 Å². The lowest BCUT2D eigenvalue weighted by molar-refractivity contribution is -0.0812. The Morgan fingerprint density at radius 2 is 2.08 bits per heavy atom. The maximum Gasteiger partial charge on any atom is 0.410 e. The predicted octanol–water partition coefficient (Wildman–Crippen LogP) is 4.26. The molecule has 1 aromatic rings. The molecule has 0 spiro atoms. The second-order valence-electron chi connectivity index (χ2n) is 7.51. The van der Waals surface area contributed by atoms with Crippen LogP contribution in [0.2, 0.25) is 5.02 Å². The summed E-state index contributed by atoms with van der Waals surface area (Å²) in [7, 11) is 0. The van der Waals surface area contributed by atoms with Gasteiger partial charge >= 0.3 is 6.09 Å². The molecule has 0 radical (unpaired) electrons. The molecule has 0 saturated carbocycles. The number of nitrogens with zero attached hydrogens (tertiary/aromatic N) is 1. The van der Waals surface area contributed by atoms with Gasteiger partial charge in [0, 0.05) is 5.56 Å². The minimum atomic E-state index is -0.540. The molecule has 24 heavy (non-hydrogen) atoms. The Bertz CT molecular complexity index is 598. The summed E-state index contributed by atoms with van der Waals surface area (Å²) >= 11 is 6.11. The first-order valence-corrected chi connectivity index (χ1v) is 8.63. The highest BCUT2D eigenvalue weighted by molar-refractivity contribution is 6.33. The Morgan fingerprint density at radius 1 is 1.42 bits per heavy atom. The van der Waals surface area contributed by atoms with Crippen LogP contribution < -0.4 is 5.73 Å². The number of para-hydroxylation sites is 1. The van der Waals surface area contributed by atoms with Crippen LogP contribution in [0, 0.1) is 5.92 Å². The summed E-state index contributed by atoms with van der Waals surface area (Å²) in [4.78, 5) is 14.4. The van der Waals surface area contributed by atoms with Gasteiger partial charge in [-0.15, -0.1) is 0 Å². The van der Waals surface area contributed by atoms with E-state index in [0.29, 0.717) is 23.9 Å². The van der Waals surface area contributed by atoms with Crippen molar-refractivity contribution in [3.8, 4) is 0 Å². The molecule has 5 nitrogen and oxygen atoms in total. The smallest absolute Gasteiger partial charge is 0.410 e. The quantitative estimate of drug-likeness (QED) is 0.806. The Morgan fingerprint density at radius 3 is 2.67 bits per heavy atom. The summed E-state index contributed by atoms with van der Waals surface area (Å²) in [6.07, 6.45) is -0.638. The van der Waals surface area contributed by atoms with Crippen molar-refractivity contribution in [2.24, 2.45) is 5.92 Å². The van der Waals surface area contributed by atoms with Crippen LogP contribution in [0.1, 0.15) is 46.3 Å². The highest BCUT2D eigenvalue weighted by atomic mass is 35.5. The molecule has 1 heterocycles. The van der Waals surface area contributed by atoms with Crippen LogP contribution in [0.25, 0.3) is 0 Å². The van der Waals surface area contributed by atoms with E-state index in [1.54, 1.807) is 11.0 Å². The summed E-state index contributed by atoms with van der Waals surface area (Å²) in [6, 6.07) is 5.43. The number of nitrogen functional groups attached to an aromatic ring is 1. The summed E-state index contributed by atoms with van der Waals surface area (Å²) in [5, 5.41) is 0.492. The summed E-state index contributed by atoms with van der Waals surface area (Å²) in [5.74, 6) is 0.259. The van der Waals surface area contributed by atoms with Crippen molar-refractivity contribution in [2.45, 2.75) is 52.4 Å². The van der Waals surface area contributed by atoms with E-state index < -0.39 is 5.60 Å². The molecule has 2 N–H and O–H groups in total. The maximum absolute atomic E-state index is 12.6. The zero-order valence-corrected chi connectivity index (χ0v) is 15.8. The highest BCUT2D eigenvalue weighted by Crippen LogP contribution is 2.34.